The molecule has 0 fully saturated rings. The largest absolute Gasteiger partial charge is 0.494 e. The van der Waals surface area contributed by atoms with E-state index >= 15 is 0 Å². The third-order valence-corrected chi connectivity index (χ3v) is 2.10. The fraction of sp³-hybridized carbons (Fsp3) is 0.500. The van der Waals surface area contributed by atoms with Crippen molar-refractivity contribution in [1.29, 1.82) is 0 Å². The van der Waals surface area contributed by atoms with Crippen molar-refractivity contribution >= 4 is 0 Å². The Bertz CT molecular complexity index is 271. The van der Waals surface area contributed by atoms with Crippen molar-refractivity contribution in [3.8, 4) is 5.75 Å². The first kappa shape index (κ1) is 11.1. The Hall–Kier alpha value is -1.02. The minimum absolute atomic E-state index is 0.269. The van der Waals surface area contributed by atoms with Crippen LogP contribution in [-0.4, -0.2) is 12.6 Å². The quantitative estimate of drug-likeness (QED) is 0.779. The topological polar surface area (TPSA) is 35.2 Å². The number of ether oxygens (including phenoxy) is 1. The van der Waals surface area contributed by atoms with Crippen LogP contribution in [0.5, 0.6) is 5.75 Å². The molecule has 0 aliphatic rings. The molecule has 0 aromatic heterocycles. The molecule has 0 amide bonds. The van der Waals surface area contributed by atoms with Gasteiger partial charge in [-0.25, -0.2) is 0 Å². The van der Waals surface area contributed by atoms with E-state index in [1.54, 1.807) is 0 Å². The van der Waals surface area contributed by atoms with Crippen LogP contribution in [0.2, 0.25) is 0 Å². The summed E-state index contributed by atoms with van der Waals surface area (Å²) in [4.78, 5) is 0. The van der Waals surface area contributed by atoms with Gasteiger partial charge in [-0.3, -0.25) is 0 Å². The Morgan fingerprint density at radius 1 is 1.43 bits per heavy atom. The van der Waals surface area contributed by atoms with Gasteiger partial charge in [-0.05, 0) is 44.4 Å². The summed E-state index contributed by atoms with van der Waals surface area (Å²) in [5.74, 6) is 0.953. The van der Waals surface area contributed by atoms with E-state index in [1.165, 1.54) is 5.56 Å². The predicted octanol–water partition coefficient (Wildman–Crippen LogP) is 2.37. The number of aryl methyl sites for hydroxylation is 1. The van der Waals surface area contributed by atoms with Crippen molar-refractivity contribution in [3.63, 3.8) is 0 Å². The summed E-state index contributed by atoms with van der Waals surface area (Å²) in [6.45, 7) is 4.75. The highest BCUT2D eigenvalue weighted by Gasteiger charge is 1.98. The third-order valence-electron chi connectivity index (χ3n) is 2.10. The molecule has 14 heavy (non-hydrogen) atoms. The van der Waals surface area contributed by atoms with E-state index in [-0.39, 0.29) is 6.04 Å². The van der Waals surface area contributed by atoms with Crippen LogP contribution in [0.4, 0.5) is 0 Å². The van der Waals surface area contributed by atoms with Gasteiger partial charge in [-0.15, -0.1) is 0 Å². The molecular formula is C12H19NO. The number of hydrogen-bond donors (Lipinski definition) is 1. The summed E-state index contributed by atoms with van der Waals surface area (Å²) < 4.78 is 5.42. The van der Waals surface area contributed by atoms with E-state index in [1.807, 2.05) is 26.0 Å². The van der Waals surface area contributed by atoms with Crippen LogP contribution in [0.1, 0.15) is 25.8 Å². The van der Waals surface area contributed by atoms with E-state index in [0.29, 0.717) is 0 Å². The van der Waals surface area contributed by atoms with Gasteiger partial charge in [0.2, 0.25) is 0 Å². The first-order valence-electron chi connectivity index (χ1n) is 5.19. The second-order valence-electron chi connectivity index (χ2n) is 3.60. The third kappa shape index (κ3) is 3.79. The normalized spacial score (nSPS) is 12.5. The molecule has 1 aromatic carbocycles. The lowest BCUT2D eigenvalue weighted by Gasteiger charge is -2.07. The van der Waals surface area contributed by atoms with Crippen LogP contribution in [0.15, 0.2) is 24.3 Å². The van der Waals surface area contributed by atoms with Crippen molar-refractivity contribution in [2.75, 3.05) is 6.61 Å². The lowest BCUT2D eigenvalue weighted by molar-refractivity contribution is 0.340. The molecule has 1 atom stereocenters. The minimum atomic E-state index is 0.269. The van der Waals surface area contributed by atoms with Crippen molar-refractivity contribution in [1.82, 2.24) is 0 Å². The second kappa shape index (κ2) is 5.66. The monoisotopic (exact) mass is 193 g/mol. The smallest absolute Gasteiger partial charge is 0.119 e. The molecule has 0 bridgehead atoms. The van der Waals surface area contributed by atoms with Gasteiger partial charge >= 0.3 is 0 Å². The second-order valence-corrected chi connectivity index (χ2v) is 3.60. The van der Waals surface area contributed by atoms with Crippen molar-refractivity contribution in [2.24, 2.45) is 5.73 Å². The number of nitrogens with two attached hydrogens (primary N) is 1. The molecule has 1 unspecified atom stereocenters. The Morgan fingerprint density at radius 3 is 2.86 bits per heavy atom. The van der Waals surface area contributed by atoms with E-state index < -0.39 is 0 Å². The van der Waals surface area contributed by atoms with E-state index in [9.17, 15) is 0 Å². The molecule has 2 N–H and O–H groups in total. The Morgan fingerprint density at radius 2 is 2.21 bits per heavy atom. The zero-order valence-corrected chi connectivity index (χ0v) is 8.99. The van der Waals surface area contributed by atoms with E-state index in [4.69, 9.17) is 10.5 Å². The van der Waals surface area contributed by atoms with Gasteiger partial charge in [0.1, 0.15) is 5.75 Å². The number of hydrogen-bond acceptors (Lipinski definition) is 2. The molecule has 0 aliphatic carbocycles. The summed E-state index contributed by atoms with van der Waals surface area (Å²) in [6.07, 6.45) is 2.05. The highest BCUT2D eigenvalue weighted by atomic mass is 16.5. The summed E-state index contributed by atoms with van der Waals surface area (Å²) >= 11 is 0. The zero-order valence-electron chi connectivity index (χ0n) is 8.99. The molecule has 0 aliphatic heterocycles. The van der Waals surface area contributed by atoms with Gasteiger partial charge in [0, 0.05) is 6.04 Å². The Balaban J connectivity index is 2.54. The molecule has 0 spiro atoms. The molecule has 0 radical (unpaired) electrons. The minimum Gasteiger partial charge on any atom is -0.494 e. The lowest BCUT2D eigenvalue weighted by atomic mass is 10.1. The van der Waals surface area contributed by atoms with Gasteiger partial charge in [0.25, 0.3) is 0 Å². The molecule has 0 saturated heterocycles. The van der Waals surface area contributed by atoms with Crippen molar-refractivity contribution in [3.05, 3.63) is 29.8 Å². The van der Waals surface area contributed by atoms with Gasteiger partial charge < -0.3 is 10.5 Å². The zero-order chi connectivity index (χ0) is 10.4. The van der Waals surface area contributed by atoms with Gasteiger partial charge in [0.15, 0.2) is 0 Å². The van der Waals surface area contributed by atoms with Crippen LogP contribution in [0.25, 0.3) is 0 Å². The lowest BCUT2D eigenvalue weighted by Crippen LogP contribution is -2.15. The SMILES string of the molecule is CCOc1cccc(CCC(C)N)c1. The standard InChI is InChI=1S/C12H19NO/c1-3-14-12-6-4-5-11(9-12)8-7-10(2)13/h4-6,9-10H,3,7-8,13H2,1-2H3. The predicted molar refractivity (Wildman–Crippen MR) is 59.6 cm³/mol. The maximum atomic E-state index is 5.71. The molecule has 1 rings (SSSR count). The maximum absolute atomic E-state index is 5.71. The molecular weight excluding hydrogens is 174 g/mol. The van der Waals surface area contributed by atoms with Gasteiger partial charge in [-0.1, -0.05) is 12.1 Å². The van der Waals surface area contributed by atoms with Crippen molar-refractivity contribution < 1.29 is 4.74 Å². The summed E-state index contributed by atoms with van der Waals surface area (Å²) in [6, 6.07) is 8.49. The van der Waals surface area contributed by atoms with Crippen LogP contribution < -0.4 is 10.5 Å². The van der Waals surface area contributed by atoms with E-state index in [0.717, 1.165) is 25.2 Å². The Labute approximate surface area is 86.1 Å². The molecule has 78 valence electrons. The maximum Gasteiger partial charge on any atom is 0.119 e. The molecule has 2 heteroatoms. The average Bonchev–Trinajstić information content (AvgIpc) is 2.16. The number of rotatable bonds is 5. The highest BCUT2D eigenvalue weighted by molar-refractivity contribution is 5.28. The van der Waals surface area contributed by atoms with E-state index in [2.05, 4.69) is 12.1 Å². The fourth-order valence-corrected chi connectivity index (χ4v) is 1.35. The van der Waals surface area contributed by atoms with Crippen molar-refractivity contribution in [2.45, 2.75) is 32.7 Å². The van der Waals surface area contributed by atoms with Gasteiger partial charge in [-0.2, -0.15) is 0 Å². The average molecular weight is 193 g/mol. The fourth-order valence-electron chi connectivity index (χ4n) is 1.35. The molecule has 2 nitrogen and oxygen atoms in total. The van der Waals surface area contributed by atoms with Crippen LogP contribution in [-0.2, 0) is 6.42 Å². The van der Waals surface area contributed by atoms with Crippen LogP contribution in [0, 0.1) is 0 Å². The molecule has 1 aromatic rings. The summed E-state index contributed by atoms with van der Waals surface area (Å²) in [5, 5.41) is 0. The van der Waals surface area contributed by atoms with Crippen LogP contribution in [0.3, 0.4) is 0 Å². The first-order chi connectivity index (χ1) is 6.72. The first-order valence-corrected chi connectivity index (χ1v) is 5.19. The van der Waals surface area contributed by atoms with Gasteiger partial charge in [0.05, 0.1) is 6.61 Å². The molecule has 0 saturated carbocycles. The Kier molecular flexibility index (Phi) is 4.47. The summed E-state index contributed by atoms with van der Waals surface area (Å²) in [5.41, 5.74) is 7.01. The molecule has 0 heterocycles. The highest BCUT2D eigenvalue weighted by Crippen LogP contribution is 2.14. The summed E-state index contributed by atoms with van der Waals surface area (Å²) in [7, 11) is 0. The van der Waals surface area contributed by atoms with Crippen LogP contribution >= 0.6 is 0 Å². The number of benzene rings is 1.